The molecule has 0 bridgehead atoms. The molecule has 33 heavy (non-hydrogen) atoms. The maximum absolute atomic E-state index is 10.8. The highest BCUT2D eigenvalue weighted by Gasteiger charge is 2.15. The SMILES string of the molecule is C=O.C=O.Cc1ccccc1.Cc1noc(C)c1-c1cnc2c(CCC(=O)O)cn(C)c2c1. The first-order valence-electron chi connectivity index (χ1n) is 10.0. The zero-order valence-electron chi connectivity index (χ0n) is 19.4. The Balaban J connectivity index is 0.000000415. The fraction of sp³-hybridized carbons (Fsp3) is 0.240. The summed E-state index contributed by atoms with van der Waals surface area (Å²) in [6.07, 6.45) is 4.31. The second-order valence-corrected chi connectivity index (χ2v) is 7.10. The summed E-state index contributed by atoms with van der Waals surface area (Å²) in [5, 5.41) is 12.8. The van der Waals surface area contributed by atoms with Crippen molar-refractivity contribution in [2.45, 2.75) is 33.6 Å². The summed E-state index contributed by atoms with van der Waals surface area (Å²) in [4.78, 5) is 31.3. The second kappa shape index (κ2) is 13.4. The molecule has 1 N–H and O–H groups in total. The van der Waals surface area contributed by atoms with Crippen LogP contribution in [0.1, 0.15) is 29.0 Å². The van der Waals surface area contributed by atoms with Crippen LogP contribution in [0.15, 0.2) is 53.3 Å². The molecule has 174 valence electrons. The number of nitrogens with zero attached hydrogens (tertiary/aromatic N) is 3. The largest absolute Gasteiger partial charge is 0.481 e. The minimum atomic E-state index is -0.802. The summed E-state index contributed by atoms with van der Waals surface area (Å²) >= 11 is 0. The van der Waals surface area contributed by atoms with Crippen LogP contribution < -0.4 is 0 Å². The molecule has 0 fully saturated rings. The Morgan fingerprint density at radius 3 is 2.21 bits per heavy atom. The van der Waals surface area contributed by atoms with Gasteiger partial charge < -0.3 is 23.8 Å². The number of hydrogen-bond donors (Lipinski definition) is 1. The molecule has 0 aliphatic rings. The molecule has 0 saturated carbocycles. The lowest BCUT2D eigenvalue weighted by atomic mass is 10.1. The van der Waals surface area contributed by atoms with Gasteiger partial charge in [0.15, 0.2) is 0 Å². The van der Waals surface area contributed by atoms with Crippen LogP contribution in [0.3, 0.4) is 0 Å². The van der Waals surface area contributed by atoms with Crippen molar-refractivity contribution in [1.82, 2.24) is 14.7 Å². The van der Waals surface area contributed by atoms with Crippen molar-refractivity contribution >= 4 is 30.6 Å². The number of rotatable bonds is 4. The summed E-state index contributed by atoms with van der Waals surface area (Å²) in [5.41, 5.74) is 6.83. The van der Waals surface area contributed by atoms with E-state index in [2.05, 4.69) is 29.2 Å². The van der Waals surface area contributed by atoms with E-state index in [0.29, 0.717) is 6.42 Å². The molecule has 0 amide bonds. The molecule has 3 heterocycles. The number of fused-ring (bicyclic) bond motifs is 1. The van der Waals surface area contributed by atoms with Gasteiger partial charge in [0.25, 0.3) is 0 Å². The number of carboxylic acid groups (broad SMARTS) is 1. The monoisotopic (exact) mass is 451 g/mol. The molecule has 1 aromatic carbocycles. The van der Waals surface area contributed by atoms with E-state index in [1.807, 2.05) is 69.5 Å². The van der Waals surface area contributed by atoms with Crippen LogP contribution in [0.2, 0.25) is 0 Å². The van der Waals surface area contributed by atoms with Crippen molar-refractivity contribution in [1.29, 1.82) is 0 Å². The molecule has 0 radical (unpaired) electrons. The third-order valence-electron chi connectivity index (χ3n) is 4.77. The van der Waals surface area contributed by atoms with E-state index >= 15 is 0 Å². The van der Waals surface area contributed by atoms with Crippen molar-refractivity contribution in [3.63, 3.8) is 0 Å². The number of pyridine rings is 1. The molecule has 0 saturated heterocycles. The minimum Gasteiger partial charge on any atom is -0.481 e. The fourth-order valence-corrected chi connectivity index (χ4v) is 3.32. The Morgan fingerprint density at radius 1 is 1.09 bits per heavy atom. The average molecular weight is 452 g/mol. The van der Waals surface area contributed by atoms with Gasteiger partial charge in [0, 0.05) is 37.0 Å². The summed E-state index contributed by atoms with van der Waals surface area (Å²) in [5.74, 6) is -0.0386. The van der Waals surface area contributed by atoms with Gasteiger partial charge in [-0.1, -0.05) is 41.1 Å². The Labute approximate surface area is 192 Å². The third kappa shape index (κ3) is 7.24. The molecule has 8 nitrogen and oxygen atoms in total. The van der Waals surface area contributed by atoms with Crippen molar-refractivity contribution in [2.24, 2.45) is 7.05 Å². The number of carbonyl (C=O) groups excluding carboxylic acids is 2. The van der Waals surface area contributed by atoms with E-state index in [0.717, 1.165) is 39.2 Å². The molecule has 0 unspecified atom stereocenters. The predicted molar refractivity (Wildman–Crippen MR) is 127 cm³/mol. The quantitative estimate of drug-likeness (QED) is 0.486. The molecular formula is C25H29N3O5. The van der Waals surface area contributed by atoms with E-state index in [9.17, 15) is 4.79 Å². The van der Waals surface area contributed by atoms with Crippen molar-refractivity contribution in [2.75, 3.05) is 0 Å². The van der Waals surface area contributed by atoms with Gasteiger partial charge >= 0.3 is 5.97 Å². The lowest BCUT2D eigenvalue weighted by Gasteiger charge is -2.02. The first kappa shape index (κ1) is 27.0. The molecule has 0 spiro atoms. The molecule has 0 aliphatic carbocycles. The van der Waals surface area contributed by atoms with Gasteiger partial charge in [-0.15, -0.1) is 0 Å². The summed E-state index contributed by atoms with van der Waals surface area (Å²) in [6, 6.07) is 12.3. The van der Waals surface area contributed by atoms with Crippen LogP contribution in [0.25, 0.3) is 22.2 Å². The molecule has 4 rings (SSSR count). The molecule has 3 aromatic heterocycles. The number of aromatic nitrogens is 3. The lowest BCUT2D eigenvalue weighted by Crippen LogP contribution is -1.97. The second-order valence-electron chi connectivity index (χ2n) is 7.10. The first-order valence-corrected chi connectivity index (χ1v) is 10.0. The first-order chi connectivity index (χ1) is 15.9. The van der Waals surface area contributed by atoms with Gasteiger partial charge in [0.1, 0.15) is 19.3 Å². The Morgan fingerprint density at radius 2 is 1.73 bits per heavy atom. The minimum absolute atomic E-state index is 0.104. The smallest absolute Gasteiger partial charge is 0.303 e. The Hall–Kier alpha value is -4.07. The summed E-state index contributed by atoms with van der Waals surface area (Å²) < 4.78 is 7.19. The van der Waals surface area contributed by atoms with Crippen molar-refractivity contribution in [3.8, 4) is 11.1 Å². The molecular weight excluding hydrogens is 422 g/mol. The average Bonchev–Trinajstić information content (AvgIpc) is 3.33. The summed E-state index contributed by atoms with van der Waals surface area (Å²) in [6.45, 7) is 9.86. The van der Waals surface area contributed by atoms with Crippen LogP contribution in [-0.4, -0.2) is 39.4 Å². The maximum Gasteiger partial charge on any atom is 0.303 e. The number of carbonyl (C=O) groups is 3. The van der Waals surface area contributed by atoms with Crippen molar-refractivity contribution in [3.05, 3.63) is 71.4 Å². The van der Waals surface area contributed by atoms with Crippen LogP contribution in [0.5, 0.6) is 0 Å². The Kier molecular flexibility index (Phi) is 10.9. The van der Waals surface area contributed by atoms with E-state index in [4.69, 9.17) is 19.2 Å². The van der Waals surface area contributed by atoms with Gasteiger partial charge in [-0.05, 0) is 38.8 Å². The van der Waals surface area contributed by atoms with E-state index in [1.165, 1.54) is 5.56 Å². The molecule has 4 aromatic rings. The van der Waals surface area contributed by atoms with Crippen LogP contribution >= 0.6 is 0 Å². The maximum atomic E-state index is 10.8. The topological polar surface area (TPSA) is 115 Å². The number of aliphatic carboxylic acids is 1. The molecule has 8 heteroatoms. The van der Waals surface area contributed by atoms with E-state index < -0.39 is 5.97 Å². The predicted octanol–water partition coefficient (Wildman–Crippen LogP) is 4.49. The number of hydrogen-bond acceptors (Lipinski definition) is 6. The van der Waals surface area contributed by atoms with Gasteiger partial charge in [0.2, 0.25) is 0 Å². The highest BCUT2D eigenvalue weighted by atomic mass is 16.5. The van der Waals surface area contributed by atoms with Crippen LogP contribution in [0, 0.1) is 20.8 Å². The molecule has 0 atom stereocenters. The van der Waals surface area contributed by atoms with Gasteiger partial charge in [-0.2, -0.15) is 0 Å². The number of carboxylic acids is 1. The summed E-state index contributed by atoms with van der Waals surface area (Å²) in [7, 11) is 1.94. The third-order valence-corrected chi connectivity index (χ3v) is 4.77. The zero-order valence-corrected chi connectivity index (χ0v) is 19.4. The normalized spacial score (nSPS) is 9.58. The van der Waals surface area contributed by atoms with Crippen LogP contribution in [0.4, 0.5) is 0 Å². The number of benzene rings is 1. The van der Waals surface area contributed by atoms with Crippen molar-refractivity contribution < 1.29 is 24.0 Å². The fourth-order valence-electron chi connectivity index (χ4n) is 3.32. The standard InChI is InChI=1S/C16H17N3O3.C7H8.2CH2O/c1-9-15(10(2)22-18-9)12-6-13-16(17-7-12)11(8-19(13)3)4-5-14(20)21;1-7-5-3-2-4-6-7;2*1-2/h6-8H,4-5H2,1-3H3,(H,20,21);2-6H,1H3;2*1H2. The Bertz CT molecular complexity index is 1140. The van der Waals surface area contributed by atoms with Gasteiger partial charge in [0.05, 0.1) is 16.7 Å². The van der Waals surface area contributed by atoms with Gasteiger partial charge in [-0.25, -0.2) is 0 Å². The van der Waals surface area contributed by atoms with E-state index in [1.54, 1.807) is 6.20 Å². The zero-order chi connectivity index (χ0) is 25.0. The highest BCUT2D eigenvalue weighted by molar-refractivity contribution is 5.85. The molecule has 0 aliphatic heterocycles. The lowest BCUT2D eigenvalue weighted by molar-refractivity contribution is -0.137. The highest BCUT2D eigenvalue weighted by Crippen LogP contribution is 2.30. The van der Waals surface area contributed by atoms with Crippen LogP contribution in [-0.2, 0) is 27.9 Å². The number of aryl methyl sites for hydroxylation is 5. The van der Waals surface area contributed by atoms with Gasteiger partial charge in [-0.3, -0.25) is 9.78 Å². The van der Waals surface area contributed by atoms with E-state index in [-0.39, 0.29) is 6.42 Å².